The second-order valence-corrected chi connectivity index (χ2v) is 5.79. The zero-order valence-electron chi connectivity index (χ0n) is 13.8. The Morgan fingerprint density at radius 1 is 0.750 bits per heavy atom. The van der Waals surface area contributed by atoms with Crippen LogP contribution in [0, 0.1) is 0 Å². The van der Waals surface area contributed by atoms with Crippen LogP contribution in [0.3, 0.4) is 0 Å². The lowest BCUT2D eigenvalue weighted by Crippen LogP contribution is -2.06. The van der Waals surface area contributed by atoms with E-state index in [0.29, 0.717) is 5.75 Å². The molecule has 0 heterocycles. The molecule has 1 N–H and O–H groups in total. The molecule has 122 valence electrons. The number of ether oxygens (including phenoxy) is 2. The van der Waals surface area contributed by atoms with Crippen LogP contribution in [-0.2, 0) is 0 Å². The third-order valence-electron chi connectivity index (χ3n) is 3.47. The van der Waals surface area contributed by atoms with Gasteiger partial charge in [-0.05, 0) is 61.4 Å². The van der Waals surface area contributed by atoms with Crippen molar-refractivity contribution in [1.29, 1.82) is 0 Å². The summed E-state index contributed by atoms with van der Waals surface area (Å²) < 4.78 is 11.7. The van der Waals surface area contributed by atoms with Gasteiger partial charge in [-0.3, -0.25) is 0 Å². The lowest BCUT2D eigenvalue weighted by molar-refractivity contribution is 0.233. The molecule has 3 rings (SSSR count). The molecule has 0 radical (unpaired) electrons. The van der Waals surface area contributed by atoms with Gasteiger partial charge in [-0.25, -0.2) is 0 Å². The molecule has 0 aliphatic carbocycles. The van der Waals surface area contributed by atoms with E-state index in [9.17, 15) is 5.11 Å². The topological polar surface area (TPSA) is 38.7 Å². The molecule has 0 bridgehead atoms. The van der Waals surface area contributed by atoms with E-state index in [4.69, 9.17) is 9.47 Å². The summed E-state index contributed by atoms with van der Waals surface area (Å²) in [5, 5.41) is 9.59. The Bertz CT molecular complexity index is 807. The van der Waals surface area contributed by atoms with Crippen molar-refractivity contribution < 1.29 is 14.6 Å². The molecular weight excluding hydrogens is 300 g/mol. The van der Waals surface area contributed by atoms with Crippen LogP contribution in [0.4, 0.5) is 0 Å². The summed E-state index contributed by atoms with van der Waals surface area (Å²) in [6.07, 6.45) is 0.0860. The van der Waals surface area contributed by atoms with Gasteiger partial charge in [0, 0.05) is 0 Å². The van der Waals surface area contributed by atoms with Crippen molar-refractivity contribution >= 4 is 0 Å². The van der Waals surface area contributed by atoms with Crippen molar-refractivity contribution in [3.05, 3.63) is 72.8 Å². The Balaban J connectivity index is 1.80. The van der Waals surface area contributed by atoms with Crippen molar-refractivity contribution in [2.24, 2.45) is 0 Å². The molecule has 0 aromatic heterocycles. The predicted octanol–water partition coefficient (Wildman–Crippen LogP) is 5.64. The van der Waals surface area contributed by atoms with Gasteiger partial charge in [-0.1, -0.05) is 36.4 Å². The molecular formula is C21H20O3. The van der Waals surface area contributed by atoms with Gasteiger partial charge in [0.15, 0.2) is 11.5 Å². The fraction of sp³-hybridized carbons (Fsp3) is 0.143. The van der Waals surface area contributed by atoms with Gasteiger partial charge in [-0.15, -0.1) is 0 Å². The molecule has 0 aliphatic heterocycles. The number of phenols is 1. The molecule has 0 aliphatic rings. The lowest BCUT2D eigenvalue weighted by Gasteiger charge is -2.14. The van der Waals surface area contributed by atoms with Crippen LogP contribution in [0.5, 0.6) is 23.0 Å². The Kier molecular flexibility index (Phi) is 4.71. The van der Waals surface area contributed by atoms with E-state index in [1.807, 2.05) is 74.5 Å². The fourth-order valence-corrected chi connectivity index (χ4v) is 2.41. The first-order chi connectivity index (χ1) is 11.6. The van der Waals surface area contributed by atoms with E-state index in [1.165, 1.54) is 0 Å². The Morgan fingerprint density at radius 2 is 1.46 bits per heavy atom. The third kappa shape index (κ3) is 3.87. The maximum absolute atomic E-state index is 9.59. The quantitative estimate of drug-likeness (QED) is 0.661. The molecule has 0 unspecified atom stereocenters. The van der Waals surface area contributed by atoms with Crippen LogP contribution in [0.2, 0.25) is 0 Å². The average Bonchev–Trinajstić information content (AvgIpc) is 2.57. The summed E-state index contributed by atoms with van der Waals surface area (Å²) in [4.78, 5) is 0. The number of rotatable bonds is 5. The highest BCUT2D eigenvalue weighted by atomic mass is 16.5. The van der Waals surface area contributed by atoms with Gasteiger partial charge in [0.05, 0.1) is 6.10 Å². The minimum Gasteiger partial charge on any atom is -0.508 e. The summed E-state index contributed by atoms with van der Waals surface area (Å²) in [7, 11) is 0. The number of phenolic OH excluding ortho intramolecular Hbond substituents is 1. The fourth-order valence-electron chi connectivity index (χ4n) is 2.41. The third-order valence-corrected chi connectivity index (χ3v) is 3.47. The largest absolute Gasteiger partial charge is 0.508 e. The Morgan fingerprint density at radius 3 is 2.12 bits per heavy atom. The van der Waals surface area contributed by atoms with Gasteiger partial charge >= 0.3 is 0 Å². The summed E-state index contributed by atoms with van der Waals surface area (Å²) in [5.41, 5.74) is 1.98. The van der Waals surface area contributed by atoms with Gasteiger partial charge in [0.1, 0.15) is 11.5 Å². The monoisotopic (exact) mass is 320 g/mol. The van der Waals surface area contributed by atoms with Crippen LogP contribution in [0.25, 0.3) is 11.1 Å². The second-order valence-electron chi connectivity index (χ2n) is 5.79. The SMILES string of the molecule is CC(C)Oc1ccccc1Oc1ccc(-c2cccc(O)c2)cc1. The first-order valence-corrected chi connectivity index (χ1v) is 7.95. The molecule has 24 heavy (non-hydrogen) atoms. The molecule has 3 heteroatoms. The molecule has 0 fully saturated rings. The Labute approximate surface area is 142 Å². The summed E-state index contributed by atoms with van der Waals surface area (Å²) >= 11 is 0. The van der Waals surface area contributed by atoms with Crippen molar-refractivity contribution in [1.82, 2.24) is 0 Å². The standard InChI is InChI=1S/C21H20O3/c1-15(2)23-20-8-3-4-9-21(20)24-19-12-10-16(11-13-19)17-6-5-7-18(22)14-17/h3-15,22H,1-2H3. The zero-order valence-corrected chi connectivity index (χ0v) is 13.8. The smallest absolute Gasteiger partial charge is 0.169 e. The summed E-state index contributed by atoms with van der Waals surface area (Å²) in [6.45, 7) is 3.97. The van der Waals surface area contributed by atoms with Crippen LogP contribution < -0.4 is 9.47 Å². The first kappa shape index (κ1) is 15.9. The molecule has 0 saturated carbocycles. The van der Waals surface area contributed by atoms with Gasteiger partial charge in [0.2, 0.25) is 0 Å². The molecule has 0 amide bonds. The van der Waals surface area contributed by atoms with Gasteiger partial charge in [0.25, 0.3) is 0 Å². The summed E-state index contributed by atoms with van der Waals surface area (Å²) in [6, 6.07) is 22.6. The van der Waals surface area contributed by atoms with E-state index >= 15 is 0 Å². The molecule has 0 saturated heterocycles. The second kappa shape index (κ2) is 7.09. The minimum absolute atomic E-state index is 0.0860. The van der Waals surface area contributed by atoms with Gasteiger partial charge < -0.3 is 14.6 Å². The van der Waals surface area contributed by atoms with E-state index in [-0.39, 0.29) is 11.9 Å². The highest BCUT2D eigenvalue weighted by Crippen LogP contribution is 2.33. The molecule has 0 spiro atoms. The normalized spacial score (nSPS) is 10.6. The van der Waals surface area contributed by atoms with Gasteiger partial charge in [-0.2, -0.15) is 0 Å². The number of benzene rings is 3. The maximum Gasteiger partial charge on any atom is 0.169 e. The van der Waals surface area contributed by atoms with E-state index in [2.05, 4.69) is 0 Å². The number of hydrogen-bond acceptors (Lipinski definition) is 3. The lowest BCUT2D eigenvalue weighted by atomic mass is 10.1. The molecule has 3 aromatic carbocycles. The van der Waals surface area contributed by atoms with Crippen LogP contribution in [0.15, 0.2) is 72.8 Å². The van der Waals surface area contributed by atoms with Crippen LogP contribution in [0.1, 0.15) is 13.8 Å². The van der Waals surface area contributed by atoms with Crippen LogP contribution >= 0.6 is 0 Å². The average molecular weight is 320 g/mol. The van der Waals surface area contributed by atoms with Crippen molar-refractivity contribution in [3.8, 4) is 34.1 Å². The molecule has 3 aromatic rings. The Hall–Kier alpha value is -2.94. The highest BCUT2D eigenvalue weighted by molar-refractivity contribution is 5.65. The molecule has 0 atom stereocenters. The van der Waals surface area contributed by atoms with Crippen molar-refractivity contribution in [2.45, 2.75) is 20.0 Å². The van der Waals surface area contributed by atoms with E-state index < -0.39 is 0 Å². The zero-order chi connectivity index (χ0) is 16.9. The number of aromatic hydroxyl groups is 1. The maximum atomic E-state index is 9.59. The number of para-hydroxylation sites is 2. The van der Waals surface area contributed by atoms with Crippen molar-refractivity contribution in [2.75, 3.05) is 0 Å². The highest BCUT2D eigenvalue weighted by Gasteiger charge is 2.07. The van der Waals surface area contributed by atoms with E-state index in [1.54, 1.807) is 12.1 Å². The van der Waals surface area contributed by atoms with E-state index in [0.717, 1.165) is 22.6 Å². The minimum atomic E-state index is 0.0860. The predicted molar refractivity (Wildman–Crippen MR) is 95.8 cm³/mol. The summed E-state index contributed by atoms with van der Waals surface area (Å²) in [5.74, 6) is 2.41. The first-order valence-electron chi connectivity index (χ1n) is 7.95. The van der Waals surface area contributed by atoms with Crippen LogP contribution in [-0.4, -0.2) is 11.2 Å². The number of hydrogen-bond donors (Lipinski definition) is 1. The van der Waals surface area contributed by atoms with Crippen molar-refractivity contribution in [3.63, 3.8) is 0 Å². The molecule has 3 nitrogen and oxygen atoms in total.